The number of nitriles is 1. The average molecular weight is 568 g/mol. The van der Waals surface area contributed by atoms with Crippen LogP contribution in [0.5, 0.6) is 0 Å². The molecule has 1 unspecified atom stereocenters. The lowest BCUT2D eigenvalue weighted by Crippen LogP contribution is -2.41. The molecule has 0 aromatic heterocycles. The molecule has 2 aromatic carbocycles. The zero-order chi connectivity index (χ0) is 20.5. The van der Waals surface area contributed by atoms with E-state index in [1.807, 2.05) is 0 Å². The van der Waals surface area contributed by atoms with E-state index in [9.17, 15) is 13.7 Å². The highest BCUT2D eigenvalue weighted by Gasteiger charge is 2.37. The Bertz CT molecular complexity index is 1040. The molecule has 3 rings (SSSR count). The van der Waals surface area contributed by atoms with Crippen molar-refractivity contribution in [3.8, 4) is 6.19 Å². The zero-order valence-corrected chi connectivity index (χ0v) is 19.9. The Morgan fingerprint density at radius 1 is 1.21 bits per heavy atom. The van der Waals surface area contributed by atoms with Crippen LogP contribution in [0.1, 0.15) is 12.0 Å². The number of rotatable bonds is 5. The Balaban J connectivity index is 2.06. The third-order valence-corrected chi connectivity index (χ3v) is 8.52. The van der Waals surface area contributed by atoms with E-state index >= 15 is 0 Å². The van der Waals surface area contributed by atoms with Crippen LogP contribution in [0.15, 0.2) is 50.2 Å². The van der Waals surface area contributed by atoms with Crippen LogP contribution in [0.3, 0.4) is 0 Å². The molecule has 2 aromatic rings. The van der Waals surface area contributed by atoms with Crippen LogP contribution in [-0.2, 0) is 16.6 Å². The molecule has 0 bridgehead atoms. The second-order valence-corrected chi connectivity index (χ2v) is 10.8. The molecule has 1 atom stereocenters. The first-order valence-corrected chi connectivity index (χ1v) is 12.1. The van der Waals surface area contributed by atoms with Gasteiger partial charge in [-0.2, -0.15) is 9.57 Å². The fourth-order valence-electron chi connectivity index (χ4n) is 3.11. The molecule has 0 N–H and O–H groups in total. The number of nitrogens with zero attached hydrogens (tertiary/aromatic N) is 3. The van der Waals surface area contributed by atoms with Crippen molar-refractivity contribution >= 4 is 65.1 Å². The summed E-state index contributed by atoms with van der Waals surface area (Å²) in [6, 6.07) is 9.61. The van der Waals surface area contributed by atoms with Gasteiger partial charge in [0.2, 0.25) is 10.0 Å². The Morgan fingerprint density at radius 2 is 1.96 bits per heavy atom. The van der Waals surface area contributed by atoms with Crippen LogP contribution >= 0.6 is 55.1 Å². The SMILES string of the molecule is N#CN1CCC(N(Cc2cc(Cl)ccc2Cl)S(=O)(=O)c2cc(Br)ccc2Br)C1. The van der Waals surface area contributed by atoms with Gasteiger partial charge in [-0.15, -0.1) is 0 Å². The van der Waals surface area contributed by atoms with Crippen molar-refractivity contribution in [2.45, 2.75) is 23.9 Å². The zero-order valence-electron chi connectivity index (χ0n) is 14.4. The second-order valence-electron chi connectivity index (χ2n) is 6.35. The molecule has 0 saturated carbocycles. The van der Waals surface area contributed by atoms with Crippen LogP contribution in [0.2, 0.25) is 10.0 Å². The highest BCUT2D eigenvalue weighted by atomic mass is 79.9. The van der Waals surface area contributed by atoms with E-state index in [0.717, 1.165) is 0 Å². The normalized spacial score (nSPS) is 17.1. The monoisotopic (exact) mass is 565 g/mol. The van der Waals surface area contributed by atoms with Crippen LogP contribution in [0.25, 0.3) is 0 Å². The number of hydrogen-bond donors (Lipinski definition) is 0. The highest BCUT2D eigenvalue weighted by molar-refractivity contribution is 9.11. The van der Waals surface area contributed by atoms with Gasteiger partial charge in [-0.3, -0.25) is 0 Å². The van der Waals surface area contributed by atoms with Crippen LogP contribution < -0.4 is 0 Å². The summed E-state index contributed by atoms with van der Waals surface area (Å²) in [6.45, 7) is 0.903. The fourth-order valence-corrected chi connectivity index (χ4v) is 6.57. The molecule has 5 nitrogen and oxygen atoms in total. The number of sulfonamides is 1. The maximum absolute atomic E-state index is 13.6. The van der Waals surface area contributed by atoms with Crippen molar-refractivity contribution in [3.05, 3.63) is 61.0 Å². The first-order valence-electron chi connectivity index (χ1n) is 8.28. The van der Waals surface area contributed by atoms with E-state index in [0.29, 0.717) is 44.1 Å². The lowest BCUT2D eigenvalue weighted by molar-refractivity contribution is 0.314. The molecule has 10 heteroatoms. The van der Waals surface area contributed by atoms with E-state index < -0.39 is 10.0 Å². The standard InChI is InChI=1S/C18H15Br2Cl2N3O2S/c19-13-1-3-16(20)18(8-13)28(26,27)25(15-5-6-24(10-15)11-23)9-12-7-14(21)2-4-17(12)22/h1-4,7-8,15H,5-6,9-10H2. The fraction of sp³-hybridized carbons (Fsp3) is 0.278. The summed E-state index contributed by atoms with van der Waals surface area (Å²) in [5.41, 5.74) is 0.610. The topological polar surface area (TPSA) is 64.4 Å². The quantitative estimate of drug-likeness (QED) is 0.462. The van der Waals surface area contributed by atoms with Crippen molar-refractivity contribution in [2.24, 2.45) is 0 Å². The van der Waals surface area contributed by atoms with Gasteiger partial charge in [0.15, 0.2) is 6.19 Å². The minimum atomic E-state index is -3.88. The Morgan fingerprint density at radius 3 is 2.64 bits per heavy atom. The molecule has 0 radical (unpaired) electrons. The minimum Gasteiger partial charge on any atom is -0.309 e. The molecule has 0 spiro atoms. The van der Waals surface area contributed by atoms with Gasteiger partial charge in [0.1, 0.15) is 0 Å². The Kier molecular flexibility index (Phi) is 6.96. The second kappa shape index (κ2) is 8.90. The van der Waals surface area contributed by atoms with Crippen molar-refractivity contribution in [1.82, 2.24) is 9.21 Å². The summed E-state index contributed by atoms with van der Waals surface area (Å²) < 4.78 is 29.7. The van der Waals surface area contributed by atoms with E-state index in [4.69, 9.17) is 23.2 Å². The van der Waals surface area contributed by atoms with Crippen molar-refractivity contribution in [3.63, 3.8) is 0 Å². The Hall–Kier alpha value is -0.820. The van der Waals surface area contributed by atoms with Gasteiger partial charge in [-0.25, -0.2) is 8.42 Å². The van der Waals surface area contributed by atoms with Gasteiger partial charge in [0, 0.05) is 44.7 Å². The van der Waals surface area contributed by atoms with Crippen molar-refractivity contribution in [1.29, 1.82) is 5.26 Å². The first-order chi connectivity index (χ1) is 13.2. The van der Waals surface area contributed by atoms with Gasteiger partial charge < -0.3 is 4.90 Å². The minimum absolute atomic E-state index is 0.0601. The van der Waals surface area contributed by atoms with Crippen LogP contribution in [-0.4, -0.2) is 36.8 Å². The van der Waals surface area contributed by atoms with E-state index in [1.165, 1.54) is 4.31 Å². The maximum atomic E-state index is 13.6. The number of hydrogen-bond acceptors (Lipinski definition) is 4. The number of halogens is 4. The summed E-state index contributed by atoms with van der Waals surface area (Å²) in [5, 5.41) is 10.1. The lowest BCUT2D eigenvalue weighted by Gasteiger charge is -2.29. The van der Waals surface area contributed by atoms with E-state index in [2.05, 4.69) is 38.1 Å². The molecular weight excluding hydrogens is 553 g/mol. The van der Waals surface area contributed by atoms with E-state index in [1.54, 1.807) is 41.3 Å². The largest absolute Gasteiger partial charge is 0.309 e. The molecule has 1 fully saturated rings. The third kappa shape index (κ3) is 4.66. The summed E-state index contributed by atoms with van der Waals surface area (Å²) in [4.78, 5) is 1.71. The van der Waals surface area contributed by atoms with Gasteiger partial charge in [0.05, 0.1) is 4.90 Å². The molecule has 1 heterocycles. The molecule has 0 amide bonds. The van der Waals surface area contributed by atoms with Crippen molar-refractivity contribution in [2.75, 3.05) is 13.1 Å². The van der Waals surface area contributed by atoms with Gasteiger partial charge in [-0.05, 0) is 64.3 Å². The first kappa shape index (κ1) is 21.9. The smallest absolute Gasteiger partial charge is 0.244 e. The van der Waals surface area contributed by atoms with Crippen LogP contribution in [0, 0.1) is 11.5 Å². The predicted octanol–water partition coefficient (Wildman–Crippen LogP) is 5.26. The van der Waals surface area contributed by atoms with Crippen LogP contribution in [0.4, 0.5) is 0 Å². The highest BCUT2D eigenvalue weighted by Crippen LogP contribution is 2.33. The van der Waals surface area contributed by atoms with E-state index in [-0.39, 0.29) is 17.5 Å². The van der Waals surface area contributed by atoms with Gasteiger partial charge in [0.25, 0.3) is 0 Å². The molecule has 1 saturated heterocycles. The molecular formula is C18H15Br2Cl2N3O2S. The van der Waals surface area contributed by atoms with Crippen molar-refractivity contribution < 1.29 is 8.42 Å². The molecule has 28 heavy (non-hydrogen) atoms. The van der Waals surface area contributed by atoms with Gasteiger partial charge in [-0.1, -0.05) is 39.1 Å². The number of benzene rings is 2. The van der Waals surface area contributed by atoms with Gasteiger partial charge >= 0.3 is 0 Å². The maximum Gasteiger partial charge on any atom is 0.244 e. The Labute approximate surface area is 191 Å². The molecule has 1 aliphatic heterocycles. The number of likely N-dealkylation sites (tertiary alicyclic amines) is 1. The molecule has 148 valence electrons. The summed E-state index contributed by atoms with van der Waals surface area (Å²) in [6.07, 6.45) is 2.64. The summed E-state index contributed by atoms with van der Waals surface area (Å²) in [7, 11) is -3.88. The molecule has 1 aliphatic rings. The lowest BCUT2D eigenvalue weighted by atomic mass is 10.2. The average Bonchev–Trinajstić information content (AvgIpc) is 3.12. The third-order valence-electron chi connectivity index (χ3n) is 4.53. The molecule has 0 aliphatic carbocycles. The summed E-state index contributed by atoms with van der Waals surface area (Å²) >= 11 is 19.1. The predicted molar refractivity (Wildman–Crippen MR) is 117 cm³/mol. The summed E-state index contributed by atoms with van der Waals surface area (Å²) in [5.74, 6) is 0.